The first-order chi connectivity index (χ1) is 10.2. The van der Waals surface area contributed by atoms with Gasteiger partial charge in [-0.15, -0.1) is 0 Å². The SMILES string of the molecule is CCCNC(COC(C)COCC)c1ccc(CC)cc1. The molecule has 0 aromatic heterocycles. The molecule has 1 rings (SSSR count). The van der Waals surface area contributed by atoms with Gasteiger partial charge >= 0.3 is 0 Å². The molecule has 1 aromatic rings. The van der Waals surface area contributed by atoms with Crippen LogP contribution in [0.1, 0.15) is 51.3 Å². The zero-order valence-corrected chi connectivity index (χ0v) is 14.0. The maximum atomic E-state index is 5.93. The van der Waals surface area contributed by atoms with Crippen LogP contribution in [0.15, 0.2) is 24.3 Å². The molecule has 0 saturated heterocycles. The molecular weight excluding hydrogens is 262 g/mol. The Balaban J connectivity index is 2.57. The first kappa shape index (κ1) is 18.1. The molecule has 120 valence electrons. The molecule has 3 heteroatoms. The van der Waals surface area contributed by atoms with Crippen molar-refractivity contribution in [3.8, 4) is 0 Å². The Hall–Kier alpha value is -0.900. The van der Waals surface area contributed by atoms with Crippen LogP contribution in [0.4, 0.5) is 0 Å². The van der Waals surface area contributed by atoms with Gasteiger partial charge in [-0.05, 0) is 44.4 Å². The van der Waals surface area contributed by atoms with Gasteiger partial charge in [0.25, 0.3) is 0 Å². The van der Waals surface area contributed by atoms with E-state index in [0.29, 0.717) is 13.2 Å². The summed E-state index contributed by atoms with van der Waals surface area (Å²) in [5.74, 6) is 0. The minimum Gasteiger partial charge on any atom is -0.379 e. The summed E-state index contributed by atoms with van der Waals surface area (Å²) in [4.78, 5) is 0. The van der Waals surface area contributed by atoms with E-state index in [-0.39, 0.29) is 12.1 Å². The van der Waals surface area contributed by atoms with E-state index in [2.05, 4.69) is 50.4 Å². The van der Waals surface area contributed by atoms with Crippen LogP contribution in [-0.4, -0.2) is 32.5 Å². The molecular formula is C18H31NO2. The third-order valence-electron chi connectivity index (χ3n) is 3.54. The van der Waals surface area contributed by atoms with Crippen molar-refractivity contribution in [3.63, 3.8) is 0 Å². The number of aryl methyl sites for hydroxylation is 1. The molecule has 0 fully saturated rings. The normalized spacial score (nSPS) is 14.1. The van der Waals surface area contributed by atoms with E-state index in [1.54, 1.807) is 0 Å². The van der Waals surface area contributed by atoms with Crippen LogP contribution in [-0.2, 0) is 15.9 Å². The highest BCUT2D eigenvalue weighted by Gasteiger charge is 2.13. The summed E-state index contributed by atoms with van der Waals surface area (Å²) in [7, 11) is 0. The first-order valence-electron chi connectivity index (χ1n) is 8.22. The predicted molar refractivity (Wildman–Crippen MR) is 88.8 cm³/mol. The number of rotatable bonds is 11. The molecule has 1 aromatic carbocycles. The second-order valence-electron chi connectivity index (χ2n) is 5.41. The number of benzene rings is 1. The summed E-state index contributed by atoms with van der Waals surface area (Å²) in [5.41, 5.74) is 2.67. The average molecular weight is 293 g/mol. The fourth-order valence-electron chi connectivity index (χ4n) is 2.17. The van der Waals surface area contributed by atoms with E-state index in [1.807, 2.05) is 6.92 Å². The predicted octanol–water partition coefficient (Wildman–Crippen LogP) is 3.73. The third kappa shape index (κ3) is 7.07. The third-order valence-corrected chi connectivity index (χ3v) is 3.54. The largest absolute Gasteiger partial charge is 0.379 e. The molecule has 2 atom stereocenters. The van der Waals surface area contributed by atoms with Gasteiger partial charge in [-0.1, -0.05) is 38.1 Å². The summed E-state index contributed by atoms with van der Waals surface area (Å²) < 4.78 is 11.3. The fraction of sp³-hybridized carbons (Fsp3) is 0.667. The lowest BCUT2D eigenvalue weighted by molar-refractivity contribution is -0.0116. The molecule has 0 aliphatic carbocycles. The molecule has 0 amide bonds. The van der Waals surface area contributed by atoms with E-state index in [9.17, 15) is 0 Å². The van der Waals surface area contributed by atoms with Gasteiger partial charge in [0.15, 0.2) is 0 Å². The van der Waals surface area contributed by atoms with Gasteiger partial charge in [0.2, 0.25) is 0 Å². The van der Waals surface area contributed by atoms with E-state index in [0.717, 1.165) is 26.0 Å². The monoisotopic (exact) mass is 293 g/mol. The first-order valence-corrected chi connectivity index (χ1v) is 8.22. The maximum Gasteiger partial charge on any atom is 0.0781 e. The number of hydrogen-bond donors (Lipinski definition) is 1. The topological polar surface area (TPSA) is 30.5 Å². The van der Waals surface area contributed by atoms with Crippen LogP contribution in [0.25, 0.3) is 0 Å². The van der Waals surface area contributed by atoms with E-state index < -0.39 is 0 Å². The zero-order valence-electron chi connectivity index (χ0n) is 14.0. The van der Waals surface area contributed by atoms with Gasteiger partial charge in [-0.2, -0.15) is 0 Å². The van der Waals surface area contributed by atoms with Crippen LogP contribution in [0, 0.1) is 0 Å². The Kier molecular flexibility index (Phi) is 9.31. The molecule has 0 saturated carbocycles. The van der Waals surface area contributed by atoms with Crippen LogP contribution >= 0.6 is 0 Å². The van der Waals surface area contributed by atoms with Gasteiger partial charge in [-0.25, -0.2) is 0 Å². The molecule has 2 unspecified atom stereocenters. The lowest BCUT2D eigenvalue weighted by atomic mass is 10.0. The maximum absolute atomic E-state index is 5.93. The Morgan fingerprint density at radius 2 is 1.76 bits per heavy atom. The molecule has 0 aliphatic heterocycles. The van der Waals surface area contributed by atoms with Crippen molar-refractivity contribution in [1.82, 2.24) is 5.32 Å². The smallest absolute Gasteiger partial charge is 0.0781 e. The van der Waals surface area contributed by atoms with E-state index in [1.165, 1.54) is 11.1 Å². The summed E-state index contributed by atoms with van der Waals surface area (Å²) >= 11 is 0. The fourth-order valence-corrected chi connectivity index (χ4v) is 2.17. The van der Waals surface area contributed by atoms with Gasteiger partial charge in [0, 0.05) is 6.61 Å². The average Bonchev–Trinajstić information content (AvgIpc) is 2.53. The Labute approximate surface area is 130 Å². The van der Waals surface area contributed by atoms with Crippen molar-refractivity contribution in [3.05, 3.63) is 35.4 Å². The van der Waals surface area contributed by atoms with Crippen LogP contribution < -0.4 is 5.32 Å². The second-order valence-corrected chi connectivity index (χ2v) is 5.41. The lowest BCUT2D eigenvalue weighted by Crippen LogP contribution is -2.29. The highest BCUT2D eigenvalue weighted by atomic mass is 16.5. The van der Waals surface area contributed by atoms with Crippen LogP contribution in [0.3, 0.4) is 0 Å². The minimum atomic E-state index is 0.130. The molecule has 21 heavy (non-hydrogen) atoms. The van der Waals surface area contributed by atoms with E-state index >= 15 is 0 Å². The molecule has 0 spiro atoms. The van der Waals surface area contributed by atoms with Gasteiger partial charge in [-0.3, -0.25) is 0 Å². The van der Waals surface area contributed by atoms with Crippen molar-refractivity contribution in [2.24, 2.45) is 0 Å². The summed E-state index contributed by atoms with van der Waals surface area (Å²) in [6.07, 6.45) is 2.33. The number of hydrogen-bond acceptors (Lipinski definition) is 3. The quantitative estimate of drug-likeness (QED) is 0.674. The van der Waals surface area contributed by atoms with E-state index in [4.69, 9.17) is 9.47 Å². The van der Waals surface area contributed by atoms with Crippen molar-refractivity contribution < 1.29 is 9.47 Å². The van der Waals surface area contributed by atoms with Crippen molar-refractivity contribution in [2.75, 3.05) is 26.4 Å². The molecule has 0 bridgehead atoms. The second kappa shape index (κ2) is 10.8. The zero-order chi connectivity index (χ0) is 15.5. The Bertz CT molecular complexity index is 364. The molecule has 1 N–H and O–H groups in total. The van der Waals surface area contributed by atoms with Gasteiger partial charge < -0.3 is 14.8 Å². The summed E-state index contributed by atoms with van der Waals surface area (Å²) in [6, 6.07) is 9.09. The van der Waals surface area contributed by atoms with Crippen molar-refractivity contribution >= 4 is 0 Å². The van der Waals surface area contributed by atoms with Crippen molar-refractivity contribution in [2.45, 2.75) is 52.7 Å². The Morgan fingerprint density at radius 1 is 1.05 bits per heavy atom. The highest BCUT2D eigenvalue weighted by molar-refractivity contribution is 5.25. The summed E-state index contributed by atoms with van der Waals surface area (Å²) in [5, 5.41) is 3.57. The van der Waals surface area contributed by atoms with Gasteiger partial charge in [0.1, 0.15) is 0 Å². The van der Waals surface area contributed by atoms with Crippen molar-refractivity contribution in [1.29, 1.82) is 0 Å². The minimum absolute atomic E-state index is 0.130. The molecule has 3 nitrogen and oxygen atoms in total. The molecule has 0 heterocycles. The number of nitrogens with one attached hydrogen (secondary N) is 1. The summed E-state index contributed by atoms with van der Waals surface area (Å²) in [6.45, 7) is 11.5. The highest BCUT2D eigenvalue weighted by Crippen LogP contribution is 2.16. The van der Waals surface area contributed by atoms with Crippen LogP contribution in [0.5, 0.6) is 0 Å². The standard InChI is InChI=1S/C18H31NO2/c1-5-12-19-18(14-21-15(4)13-20-7-3)17-10-8-16(6-2)9-11-17/h8-11,15,18-19H,5-7,12-14H2,1-4H3. The van der Waals surface area contributed by atoms with Gasteiger partial charge in [0.05, 0.1) is 25.4 Å². The molecule has 0 aliphatic rings. The number of ether oxygens (including phenoxy) is 2. The molecule has 0 radical (unpaired) electrons. The Morgan fingerprint density at radius 3 is 2.33 bits per heavy atom. The van der Waals surface area contributed by atoms with Crippen LogP contribution in [0.2, 0.25) is 0 Å². The lowest BCUT2D eigenvalue weighted by Gasteiger charge is -2.22.